The van der Waals surface area contributed by atoms with Crippen molar-refractivity contribution in [3.05, 3.63) is 64.7 Å². The van der Waals surface area contributed by atoms with Gasteiger partial charge in [0, 0.05) is 0 Å². The molecule has 0 atom stereocenters. The number of nitriles is 1. The van der Waals surface area contributed by atoms with Crippen molar-refractivity contribution in [1.29, 1.82) is 5.26 Å². The number of aryl methyl sites for hydroxylation is 1. The zero-order valence-electron chi connectivity index (χ0n) is 16.7. The molecular weight excluding hydrogens is 354 g/mol. The molecule has 0 fully saturated rings. The first-order chi connectivity index (χ1) is 13.2. The van der Waals surface area contributed by atoms with Crippen molar-refractivity contribution in [1.82, 2.24) is 0 Å². The molecule has 5 heteroatoms. The first-order valence-corrected chi connectivity index (χ1v) is 9.02. The molecule has 0 heterocycles. The van der Waals surface area contributed by atoms with Crippen LogP contribution in [-0.2, 0) is 10.2 Å². The Hall–Kier alpha value is -3.26. The number of carboxylic acids is 1. The van der Waals surface area contributed by atoms with Crippen molar-refractivity contribution < 1.29 is 19.4 Å². The maximum absolute atomic E-state index is 10.9. The molecule has 0 saturated carbocycles. The Labute approximate surface area is 165 Å². The summed E-state index contributed by atoms with van der Waals surface area (Å²) in [5.74, 6) is 0.184. The lowest BCUT2D eigenvalue weighted by molar-refractivity contribution is -0.132. The molecule has 0 radical (unpaired) electrons. The molecule has 0 aliphatic carbocycles. The van der Waals surface area contributed by atoms with Gasteiger partial charge in [-0.05, 0) is 53.3 Å². The highest BCUT2D eigenvalue weighted by molar-refractivity contribution is 5.96. The summed E-state index contributed by atoms with van der Waals surface area (Å²) in [6.07, 6.45) is 1.31. The van der Waals surface area contributed by atoms with Gasteiger partial charge in [-0.1, -0.05) is 45.0 Å². The van der Waals surface area contributed by atoms with Gasteiger partial charge in [0.1, 0.15) is 36.4 Å². The minimum Gasteiger partial charge on any atom is -0.490 e. The predicted molar refractivity (Wildman–Crippen MR) is 109 cm³/mol. The average Bonchev–Trinajstić information content (AvgIpc) is 2.62. The van der Waals surface area contributed by atoms with Crippen LogP contribution in [-0.4, -0.2) is 24.3 Å². The third-order valence-corrected chi connectivity index (χ3v) is 4.07. The van der Waals surface area contributed by atoms with Crippen molar-refractivity contribution in [2.75, 3.05) is 13.2 Å². The largest absolute Gasteiger partial charge is 0.490 e. The Kier molecular flexibility index (Phi) is 6.84. The summed E-state index contributed by atoms with van der Waals surface area (Å²) in [5.41, 5.74) is 2.52. The number of nitrogens with zero attached hydrogens (tertiary/aromatic N) is 1. The normalized spacial score (nSPS) is 11.6. The maximum Gasteiger partial charge on any atom is 0.346 e. The zero-order chi connectivity index (χ0) is 20.7. The van der Waals surface area contributed by atoms with Crippen LogP contribution in [0.15, 0.2) is 48.0 Å². The van der Waals surface area contributed by atoms with Gasteiger partial charge in [-0.25, -0.2) is 4.79 Å². The van der Waals surface area contributed by atoms with Crippen LogP contribution >= 0.6 is 0 Å². The zero-order valence-corrected chi connectivity index (χ0v) is 16.7. The molecule has 2 aromatic rings. The number of carbonyl (C=O) groups is 1. The second kappa shape index (κ2) is 9.09. The minimum absolute atomic E-state index is 0.0207. The molecule has 5 nitrogen and oxygen atoms in total. The second-order valence-electron chi connectivity index (χ2n) is 7.49. The summed E-state index contributed by atoms with van der Waals surface area (Å²) in [5, 5.41) is 17.8. The molecule has 0 bridgehead atoms. The predicted octanol–water partition coefficient (Wildman–Crippen LogP) is 4.74. The highest BCUT2D eigenvalue weighted by atomic mass is 16.5. The van der Waals surface area contributed by atoms with Gasteiger partial charge in [0.2, 0.25) is 0 Å². The minimum atomic E-state index is -1.25. The van der Waals surface area contributed by atoms with Crippen LogP contribution in [0.3, 0.4) is 0 Å². The monoisotopic (exact) mass is 379 g/mol. The highest BCUT2D eigenvalue weighted by Crippen LogP contribution is 2.32. The molecule has 146 valence electrons. The summed E-state index contributed by atoms with van der Waals surface area (Å²) in [6.45, 7) is 9.19. The van der Waals surface area contributed by atoms with E-state index >= 15 is 0 Å². The van der Waals surface area contributed by atoms with E-state index in [1.807, 2.05) is 13.0 Å². The summed E-state index contributed by atoms with van der Waals surface area (Å²) in [7, 11) is 0. The van der Waals surface area contributed by atoms with E-state index in [0.29, 0.717) is 24.5 Å². The Morgan fingerprint density at radius 3 is 2.50 bits per heavy atom. The molecule has 28 heavy (non-hydrogen) atoms. The highest BCUT2D eigenvalue weighted by Gasteiger charge is 2.18. The van der Waals surface area contributed by atoms with Crippen LogP contribution in [0.25, 0.3) is 6.08 Å². The Morgan fingerprint density at radius 1 is 1.14 bits per heavy atom. The van der Waals surface area contributed by atoms with Crippen molar-refractivity contribution in [3.63, 3.8) is 0 Å². The average molecular weight is 379 g/mol. The molecule has 0 spiro atoms. The van der Waals surface area contributed by atoms with Crippen LogP contribution < -0.4 is 9.47 Å². The van der Waals surface area contributed by atoms with Gasteiger partial charge in [0.05, 0.1) is 0 Å². The molecule has 0 saturated heterocycles. The van der Waals surface area contributed by atoms with Gasteiger partial charge in [-0.3, -0.25) is 0 Å². The van der Waals surface area contributed by atoms with Crippen LogP contribution in [0.2, 0.25) is 0 Å². The molecule has 0 amide bonds. The number of ether oxygens (including phenoxy) is 2. The van der Waals surface area contributed by atoms with Gasteiger partial charge in [0.15, 0.2) is 0 Å². The lowest BCUT2D eigenvalue weighted by atomic mass is 9.86. The Bertz CT molecular complexity index is 917. The topological polar surface area (TPSA) is 79.5 Å². The first kappa shape index (κ1) is 21.0. The van der Waals surface area contributed by atoms with E-state index in [9.17, 15) is 4.79 Å². The lowest BCUT2D eigenvalue weighted by Crippen LogP contribution is -2.16. The van der Waals surface area contributed by atoms with Crippen LogP contribution in [0.5, 0.6) is 11.5 Å². The van der Waals surface area contributed by atoms with Crippen LogP contribution in [0, 0.1) is 18.3 Å². The van der Waals surface area contributed by atoms with E-state index in [4.69, 9.17) is 19.8 Å². The number of hydrogen-bond acceptors (Lipinski definition) is 4. The third-order valence-electron chi connectivity index (χ3n) is 4.07. The fraction of sp³-hybridized carbons (Fsp3) is 0.304. The standard InChI is InChI=1S/C23H25NO4/c1-16-8-9-20(23(2,3)4)21(12-16)28-11-10-27-19-7-5-6-17(14-19)13-18(15-24)22(25)26/h5-9,12-14H,10-11H2,1-4H3,(H,25,26). The van der Waals surface area contributed by atoms with E-state index in [-0.39, 0.29) is 11.0 Å². The van der Waals surface area contributed by atoms with Gasteiger partial charge < -0.3 is 14.6 Å². The van der Waals surface area contributed by atoms with Crippen molar-refractivity contribution in [2.24, 2.45) is 0 Å². The molecule has 2 aromatic carbocycles. The summed E-state index contributed by atoms with van der Waals surface area (Å²) >= 11 is 0. The van der Waals surface area contributed by atoms with Crippen LogP contribution in [0.1, 0.15) is 37.5 Å². The number of benzene rings is 2. The SMILES string of the molecule is Cc1ccc(C(C)(C)C)c(OCCOc2cccc(C=C(C#N)C(=O)O)c2)c1. The molecule has 0 unspecified atom stereocenters. The quantitative estimate of drug-likeness (QED) is 0.427. The molecule has 0 aromatic heterocycles. The van der Waals surface area contributed by atoms with Gasteiger partial charge in [-0.15, -0.1) is 0 Å². The number of hydrogen-bond donors (Lipinski definition) is 1. The summed E-state index contributed by atoms with van der Waals surface area (Å²) in [6, 6.07) is 14.8. The fourth-order valence-corrected chi connectivity index (χ4v) is 2.68. The maximum atomic E-state index is 10.9. The van der Waals surface area contributed by atoms with E-state index in [0.717, 1.165) is 16.9 Å². The third kappa shape index (κ3) is 5.88. The molecule has 1 N–H and O–H groups in total. The van der Waals surface area contributed by atoms with Crippen LogP contribution in [0.4, 0.5) is 0 Å². The smallest absolute Gasteiger partial charge is 0.346 e. The molecule has 0 aliphatic rings. The number of aliphatic carboxylic acids is 1. The first-order valence-electron chi connectivity index (χ1n) is 9.02. The van der Waals surface area contributed by atoms with Crippen molar-refractivity contribution in [2.45, 2.75) is 33.1 Å². The molecular formula is C23H25NO4. The van der Waals surface area contributed by atoms with Crippen molar-refractivity contribution >= 4 is 12.0 Å². The van der Waals surface area contributed by atoms with E-state index < -0.39 is 5.97 Å². The van der Waals surface area contributed by atoms with E-state index in [1.54, 1.807) is 30.3 Å². The molecule has 2 rings (SSSR count). The lowest BCUT2D eigenvalue weighted by Gasteiger charge is -2.23. The number of rotatable bonds is 7. The summed E-state index contributed by atoms with van der Waals surface area (Å²) in [4.78, 5) is 10.9. The second-order valence-corrected chi connectivity index (χ2v) is 7.49. The summed E-state index contributed by atoms with van der Waals surface area (Å²) < 4.78 is 11.7. The van der Waals surface area contributed by atoms with Gasteiger partial charge in [-0.2, -0.15) is 5.26 Å². The van der Waals surface area contributed by atoms with E-state index in [2.05, 4.69) is 32.9 Å². The van der Waals surface area contributed by atoms with E-state index in [1.165, 1.54) is 6.08 Å². The van der Waals surface area contributed by atoms with Gasteiger partial charge >= 0.3 is 5.97 Å². The fourth-order valence-electron chi connectivity index (χ4n) is 2.68. The van der Waals surface area contributed by atoms with Crippen molar-refractivity contribution in [3.8, 4) is 17.6 Å². The number of carboxylic acid groups (broad SMARTS) is 1. The van der Waals surface area contributed by atoms with Gasteiger partial charge in [0.25, 0.3) is 0 Å². The Morgan fingerprint density at radius 2 is 1.86 bits per heavy atom. The molecule has 0 aliphatic heterocycles. The Balaban J connectivity index is 2.00.